The van der Waals surface area contributed by atoms with Crippen LogP contribution in [0.5, 0.6) is 0 Å². The van der Waals surface area contributed by atoms with E-state index in [9.17, 15) is 4.79 Å². The summed E-state index contributed by atoms with van der Waals surface area (Å²) >= 11 is 0. The van der Waals surface area contributed by atoms with Gasteiger partial charge in [0.15, 0.2) is 5.82 Å². The van der Waals surface area contributed by atoms with Crippen LogP contribution in [0.1, 0.15) is 51.1 Å². The molecule has 1 aromatic heterocycles. The molecular weight excluding hydrogens is 278 g/mol. The lowest BCUT2D eigenvalue weighted by Crippen LogP contribution is -2.29. The van der Waals surface area contributed by atoms with E-state index >= 15 is 0 Å². The fourth-order valence-electron chi connectivity index (χ4n) is 3.30. The van der Waals surface area contributed by atoms with Crippen molar-refractivity contribution in [2.75, 3.05) is 13.1 Å². The zero-order valence-electron chi connectivity index (χ0n) is 13.5. The average molecular weight is 299 g/mol. The van der Waals surface area contributed by atoms with Gasteiger partial charge in [-0.1, -0.05) is 22.9 Å². The van der Waals surface area contributed by atoms with Crippen LogP contribution < -0.4 is 0 Å². The van der Waals surface area contributed by atoms with E-state index in [1.807, 2.05) is 25.7 Å². The van der Waals surface area contributed by atoms with Gasteiger partial charge in [-0.2, -0.15) is 4.98 Å². The van der Waals surface area contributed by atoms with Gasteiger partial charge in [0.2, 0.25) is 5.89 Å². The molecule has 1 aliphatic heterocycles. The first-order chi connectivity index (χ1) is 10.5. The van der Waals surface area contributed by atoms with Crippen molar-refractivity contribution >= 4 is 5.91 Å². The molecule has 5 heteroatoms. The Hall–Kier alpha value is -2.17. The van der Waals surface area contributed by atoms with Crippen LogP contribution in [0.25, 0.3) is 0 Å². The molecule has 1 amide bonds. The molecule has 0 spiro atoms. The maximum atomic E-state index is 12.8. The second kappa shape index (κ2) is 5.55. The Morgan fingerprint density at radius 1 is 1.23 bits per heavy atom. The third kappa shape index (κ3) is 2.63. The normalized spacial score (nSPS) is 18.0. The van der Waals surface area contributed by atoms with Gasteiger partial charge in [-0.05, 0) is 45.2 Å². The summed E-state index contributed by atoms with van der Waals surface area (Å²) in [5, 5.41) is 3.84. The molecule has 0 aliphatic carbocycles. The third-order valence-electron chi connectivity index (χ3n) is 4.26. The Bertz CT molecular complexity index is 697. The van der Waals surface area contributed by atoms with E-state index in [2.05, 4.69) is 29.2 Å². The van der Waals surface area contributed by atoms with Crippen LogP contribution in [0.4, 0.5) is 0 Å². The summed E-state index contributed by atoms with van der Waals surface area (Å²) in [6.45, 7) is 9.25. The second-order valence-electron chi connectivity index (χ2n) is 6.19. The van der Waals surface area contributed by atoms with Crippen molar-refractivity contribution < 1.29 is 9.32 Å². The number of hydrogen-bond acceptors (Lipinski definition) is 4. The van der Waals surface area contributed by atoms with Crippen LogP contribution in [0.2, 0.25) is 0 Å². The molecule has 1 atom stereocenters. The summed E-state index contributed by atoms with van der Waals surface area (Å²) < 4.78 is 5.25. The predicted molar refractivity (Wildman–Crippen MR) is 82.9 cm³/mol. The number of carbonyl (C=O) groups excluding carboxylic acids is 1. The minimum absolute atomic E-state index is 0.105. The van der Waals surface area contributed by atoms with Gasteiger partial charge in [0.05, 0.1) is 5.92 Å². The van der Waals surface area contributed by atoms with Crippen molar-refractivity contribution in [2.24, 2.45) is 0 Å². The zero-order chi connectivity index (χ0) is 15.9. The van der Waals surface area contributed by atoms with Gasteiger partial charge in [-0.15, -0.1) is 0 Å². The molecule has 1 aromatic carbocycles. The Morgan fingerprint density at radius 2 is 1.91 bits per heavy atom. The Labute approximate surface area is 130 Å². The summed E-state index contributed by atoms with van der Waals surface area (Å²) in [4.78, 5) is 19.0. The lowest BCUT2D eigenvalue weighted by molar-refractivity contribution is 0.0788. The minimum Gasteiger partial charge on any atom is -0.339 e. The van der Waals surface area contributed by atoms with E-state index in [1.165, 1.54) is 5.56 Å². The number of likely N-dealkylation sites (tertiary alicyclic amines) is 1. The maximum Gasteiger partial charge on any atom is 0.254 e. The summed E-state index contributed by atoms with van der Waals surface area (Å²) in [6, 6.07) is 4.13. The van der Waals surface area contributed by atoms with E-state index in [0.717, 1.165) is 29.7 Å². The first kappa shape index (κ1) is 14.8. The molecule has 5 nitrogen and oxygen atoms in total. The second-order valence-corrected chi connectivity index (χ2v) is 6.19. The molecule has 2 aromatic rings. The van der Waals surface area contributed by atoms with Crippen LogP contribution in [0, 0.1) is 27.7 Å². The number of aryl methyl sites for hydroxylation is 4. The summed E-state index contributed by atoms with van der Waals surface area (Å²) in [5.41, 5.74) is 4.10. The summed E-state index contributed by atoms with van der Waals surface area (Å²) in [5.74, 6) is 1.54. The molecule has 1 aliphatic rings. The molecule has 0 N–H and O–H groups in total. The first-order valence-electron chi connectivity index (χ1n) is 7.63. The average Bonchev–Trinajstić information content (AvgIpc) is 3.05. The van der Waals surface area contributed by atoms with Gasteiger partial charge in [0.1, 0.15) is 0 Å². The number of amides is 1. The Kier molecular flexibility index (Phi) is 3.72. The van der Waals surface area contributed by atoms with Crippen LogP contribution in [-0.4, -0.2) is 34.0 Å². The van der Waals surface area contributed by atoms with Gasteiger partial charge in [-0.25, -0.2) is 0 Å². The number of hydrogen-bond donors (Lipinski definition) is 0. The van der Waals surface area contributed by atoms with Crippen molar-refractivity contribution in [3.05, 3.63) is 46.1 Å². The van der Waals surface area contributed by atoms with E-state index in [0.29, 0.717) is 18.3 Å². The number of carbonyl (C=O) groups is 1. The topological polar surface area (TPSA) is 59.2 Å². The van der Waals surface area contributed by atoms with Gasteiger partial charge in [0.25, 0.3) is 5.91 Å². The standard InChI is InChI=1S/C17H21N3O2/c1-10-7-11(2)15(12(3)8-10)17(21)20-6-5-14(9-20)16-18-13(4)19-22-16/h7-8,14H,5-6,9H2,1-4H3/t14-/m1/s1. The highest BCUT2D eigenvalue weighted by molar-refractivity contribution is 5.97. The number of benzene rings is 1. The van der Waals surface area contributed by atoms with Crippen LogP contribution >= 0.6 is 0 Å². The number of aromatic nitrogens is 2. The van der Waals surface area contributed by atoms with Crippen molar-refractivity contribution in [2.45, 2.75) is 40.0 Å². The molecule has 0 saturated carbocycles. The van der Waals surface area contributed by atoms with E-state index in [1.54, 1.807) is 0 Å². The monoisotopic (exact) mass is 299 g/mol. The molecule has 116 valence electrons. The third-order valence-corrected chi connectivity index (χ3v) is 4.26. The van der Waals surface area contributed by atoms with Gasteiger partial charge >= 0.3 is 0 Å². The molecule has 1 fully saturated rings. The predicted octanol–water partition coefficient (Wildman–Crippen LogP) is 2.93. The van der Waals surface area contributed by atoms with E-state index in [-0.39, 0.29) is 11.8 Å². The van der Waals surface area contributed by atoms with Gasteiger partial charge in [0, 0.05) is 18.7 Å². The Morgan fingerprint density at radius 3 is 2.50 bits per heavy atom. The van der Waals surface area contributed by atoms with Crippen molar-refractivity contribution in [3.63, 3.8) is 0 Å². The van der Waals surface area contributed by atoms with Crippen LogP contribution in [-0.2, 0) is 0 Å². The van der Waals surface area contributed by atoms with Crippen molar-refractivity contribution in [3.8, 4) is 0 Å². The first-order valence-corrected chi connectivity index (χ1v) is 7.63. The molecule has 1 saturated heterocycles. The molecule has 0 unspecified atom stereocenters. The highest BCUT2D eigenvalue weighted by Crippen LogP contribution is 2.28. The molecule has 0 bridgehead atoms. The lowest BCUT2D eigenvalue weighted by Gasteiger charge is -2.19. The molecular formula is C17H21N3O2. The fourth-order valence-corrected chi connectivity index (χ4v) is 3.30. The van der Waals surface area contributed by atoms with Crippen molar-refractivity contribution in [1.82, 2.24) is 15.0 Å². The highest BCUT2D eigenvalue weighted by Gasteiger charge is 2.32. The van der Waals surface area contributed by atoms with Gasteiger partial charge < -0.3 is 9.42 Å². The summed E-state index contributed by atoms with van der Waals surface area (Å²) in [6.07, 6.45) is 0.872. The van der Waals surface area contributed by atoms with Crippen LogP contribution in [0.3, 0.4) is 0 Å². The maximum absolute atomic E-state index is 12.8. The van der Waals surface area contributed by atoms with Crippen molar-refractivity contribution in [1.29, 1.82) is 0 Å². The minimum atomic E-state index is 0.105. The fraction of sp³-hybridized carbons (Fsp3) is 0.471. The lowest BCUT2D eigenvalue weighted by atomic mass is 9.99. The van der Waals surface area contributed by atoms with E-state index < -0.39 is 0 Å². The van der Waals surface area contributed by atoms with E-state index in [4.69, 9.17) is 4.52 Å². The number of nitrogens with zero attached hydrogens (tertiary/aromatic N) is 3. The summed E-state index contributed by atoms with van der Waals surface area (Å²) in [7, 11) is 0. The SMILES string of the molecule is Cc1cc(C)c(C(=O)N2CC[C@@H](c3nc(C)no3)C2)c(C)c1. The number of rotatable bonds is 2. The van der Waals surface area contributed by atoms with Gasteiger partial charge in [-0.3, -0.25) is 4.79 Å². The zero-order valence-corrected chi connectivity index (χ0v) is 13.5. The highest BCUT2D eigenvalue weighted by atomic mass is 16.5. The Balaban J connectivity index is 1.80. The molecule has 2 heterocycles. The smallest absolute Gasteiger partial charge is 0.254 e. The van der Waals surface area contributed by atoms with Crippen LogP contribution in [0.15, 0.2) is 16.7 Å². The molecule has 0 radical (unpaired) electrons. The molecule has 22 heavy (non-hydrogen) atoms. The molecule has 3 rings (SSSR count). The largest absolute Gasteiger partial charge is 0.339 e. The quantitative estimate of drug-likeness (QED) is 0.855.